The van der Waals surface area contributed by atoms with E-state index in [4.69, 9.17) is 5.26 Å². The number of nitrogens with one attached hydrogen (secondary N) is 2. The van der Waals surface area contributed by atoms with Crippen LogP contribution in [0.25, 0.3) is 5.82 Å². The fourth-order valence-corrected chi connectivity index (χ4v) is 2.66. The second-order valence-electron chi connectivity index (χ2n) is 6.06. The summed E-state index contributed by atoms with van der Waals surface area (Å²) in [7, 11) is 0. The molecule has 29 heavy (non-hydrogen) atoms. The number of nitriles is 1. The SMILES string of the molecule is N#Cc1cccc(C(=O)Nc2ccc(Nc3cc(-n4cccn4)ncn3)cc2)c1. The minimum absolute atomic E-state index is 0.275. The molecule has 0 saturated carbocycles. The van der Waals surface area contributed by atoms with Crippen molar-refractivity contribution in [3.63, 3.8) is 0 Å². The van der Waals surface area contributed by atoms with E-state index in [1.165, 1.54) is 6.33 Å². The Morgan fingerprint density at radius 1 is 1.00 bits per heavy atom. The Hall–Kier alpha value is -4.51. The number of benzene rings is 2. The van der Waals surface area contributed by atoms with Crippen LogP contribution in [0.1, 0.15) is 15.9 Å². The molecule has 0 fully saturated rings. The summed E-state index contributed by atoms with van der Waals surface area (Å²) >= 11 is 0. The average Bonchev–Trinajstić information content (AvgIpc) is 3.30. The van der Waals surface area contributed by atoms with E-state index in [-0.39, 0.29) is 5.91 Å². The number of hydrogen-bond donors (Lipinski definition) is 2. The molecule has 140 valence electrons. The highest BCUT2D eigenvalue weighted by Gasteiger charge is 2.07. The molecular weight excluding hydrogens is 366 g/mol. The van der Waals surface area contributed by atoms with Gasteiger partial charge in [-0.1, -0.05) is 6.07 Å². The fraction of sp³-hybridized carbons (Fsp3) is 0. The molecule has 0 atom stereocenters. The molecule has 2 aromatic heterocycles. The molecular formula is C21H15N7O. The standard InChI is InChI=1S/C21H15N7O/c22-13-15-3-1-4-16(11-15)21(29)27-18-7-5-17(6-8-18)26-19-12-20(24-14-23-19)28-10-2-9-25-28/h1-12,14H,(H,27,29)(H,23,24,26). The second-order valence-corrected chi connectivity index (χ2v) is 6.06. The van der Waals surface area contributed by atoms with Gasteiger partial charge in [0.15, 0.2) is 5.82 Å². The Balaban J connectivity index is 1.44. The molecule has 0 saturated heterocycles. The minimum Gasteiger partial charge on any atom is -0.340 e. The van der Waals surface area contributed by atoms with Crippen molar-refractivity contribution in [1.29, 1.82) is 5.26 Å². The van der Waals surface area contributed by atoms with Gasteiger partial charge < -0.3 is 10.6 Å². The van der Waals surface area contributed by atoms with Crippen molar-refractivity contribution in [1.82, 2.24) is 19.7 Å². The zero-order valence-corrected chi connectivity index (χ0v) is 15.1. The van der Waals surface area contributed by atoms with Gasteiger partial charge >= 0.3 is 0 Å². The Bertz CT molecular complexity index is 1180. The van der Waals surface area contributed by atoms with Gasteiger partial charge in [0, 0.05) is 35.4 Å². The first-order valence-corrected chi connectivity index (χ1v) is 8.72. The quantitative estimate of drug-likeness (QED) is 0.547. The molecule has 2 heterocycles. The predicted octanol–water partition coefficient (Wildman–Crippen LogP) is 3.53. The first-order chi connectivity index (χ1) is 14.2. The highest BCUT2D eigenvalue weighted by Crippen LogP contribution is 2.19. The van der Waals surface area contributed by atoms with Gasteiger partial charge in [-0.2, -0.15) is 10.4 Å². The largest absolute Gasteiger partial charge is 0.340 e. The lowest BCUT2D eigenvalue weighted by Gasteiger charge is -2.09. The zero-order chi connectivity index (χ0) is 20.1. The normalized spacial score (nSPS) is 10.2. The monoisotopic (exact) mass is 381 g/mol. The van der Waals surface area contributed by atoms with Crippen LogP contribution in [0.4, 0.5) is 17.2 Å². The van der Waals surface area contributed by atoms with Crippen LogP contribution >= 0.6 is 0 Å². The molecule has 2 N–H and O–H groups in total. The maximum Gasteiger partial charge on any atom is 0.255 e. The van der Waals surface area contributed by atoms with Crippen LogP contribution in [0.3, 0.4) is 0 Å². The van der Waals surface area contributed by atoms with Gasteiger partial charge in [0.1, 0.15) is 12.1 Å². The number of hydrogen-bond acceptors (Lipinski definition) is 6. The highest BCUT2D eigenvalue weighted by atomic mass is 16.1. The van der Waals surface area contributed by atoms with Crippen molar-refractivity contribution in [2.75, 3.05) is 10.6 Å². The molecule has 2 aromatic carbocycles. The van der Waals surface area contributed by atoms with E-state index >= 15 is 0 Å². The molecule has 4 rings (SSSR count). The second kappa shape index (κ2) is 8.02. The van der Waals surface area contributed by atoms with Crippen LogP contribution in [-0.2, 0) is 0 Å². The zero-order valence-electron chi connectivity index (χ0n) is 15.1. The minimum atomic E-state index is -0.275. The van der Waals surface area contributed by atoms with Crippen LogP contribution in [0, 0.1) is 11.3 Å². The molecule has 8 nitrogen and oxygen atoms in total. The van der Waals surface area contributed by atoms with E-state index in [0.29, 0.717) is 28.5 Å². The molecule has 0 radical (unpaired) electrons. The van der Waals surface area contributed by atoms with Crippen molar-refractivity contribution in [2.24, 2.45) is 0 Å². The van der Waals surface area contributed by atoms with Crippen molar-refractivity contribution in [2.45, 2.75) is 0 Å². The molecule has 0 bridgehead atoms. The Kier molecular flexibility index (Phi) is 4.95. The number of aromatic nitrogens is 4. The lowest BCUT2D eigenvalue weighted by Crippen LogP contribution is -2.11. The summed E-state index contributed by atoms with van der Waals surface area (Å²) in [5, 5.41) is 19.1. The summed E-state index contributed by atoms with van der Waals surface area (Å²) in [5.74, 6) is 0.995. The predicted molar refractivity (Wildman–Crippen MR) is 108 cm³/mol. The lowest BCUT2D eigenvalue weighted by atomic mass is 10.1. The maximum absolute atomic E-state index is 12.3. The Morgan fingerprint density at radius 2 is 1.83 bits per heavy atom. The molecule has 8 heteroatoms. The number of amides is 1. The van der Waals surface area contributed by atoms with Crippen LogP contribution in [0.15, 0.2) is 79.4 Å². The van der Waals surface area contributed by atoms with Gasteiger partial charge in [-0.15, -0.1) is 0 Å². The van der Waals surface area contributed by atoms with Gasteiger partial charge in [0.25, 0.3) is 5.91 Å². The third-order valence-electron chi connectivity index (χ3n) is 4.06. The molecule has 0 aliphatic rings. The summed E-state index contributed by atoms with van der Waals surface area (Å²) in [5.41, 5.74) is 2.32. The van der Waals surface area contributed by atoms with E-state index < -0.39 is 0 Å². The van der Waals surface area contributed by atoms with Crippen molar-refractivity contribution >= 4 is 23.1 Å². The van der Waals surface area contributed by atoms with Gasteiger partial charge in [0.2, 0.25) is 0 Å². The molecule has 0 unspecified atom stereocenters. The fourth-order valence-electron chi connectivity index (χ4n) is 2.66. The van der Waals surface area contributed by atoms with Crippen molar-refractivity contribution in [3.05, 3.63) is 90.5 Å². The number of carbonyl (C=O) groups is 1. The van der Waals surface area contributed by atoms with Crippen LogP contribution in [0.2, 0.25) is 0 Å². The number of rotatable bonds is 5. The third kappa shape index (κ3) is 4.26. The summed E-state index contributed by atoms with van der Waals surface area (Å²) in [4.78, 5) is 20.8. The summed E-state index contributed by atoms with van der Waals surface area (Å²) in [6.07, 6.45) is 4.94. The maximum atomic E-state index is 12.3. The van der Waals surface area contributed by atoms with E-state index in [1.807, 2.05) is 24.3 Å². The van der Waals surface area contributed by atoms with Crippen LogP contribution in [-0.4, -0.2) is 25.7 Å². The molecule has 0 aliphatic carbocycles. The number of nitrogens with zero attached hydrogens (tertiary/aromatic N) is 5. The van der Waals surface area contributed by atoms with E-state index in [9.17, 15) is 4.79 Å². The first-order valence-electron chi connectivity index (χ1n) is 8.72. The summed E-state index contributed by atoms with van der Waals surface area (Å²) in [6, 6.07) is 19.4. The smallest absolute Gasteiger partial charge is 0.255 e. The topological polar surface area (TPSA) is 109 Å². The molecule has 4 aromatic rings. The van der Waals surface area contributed by atoms with E-state index in [0.717, 1.165) is 5.69 Å². The molecule has 1 amide bonds. The van der Waals surface area contributed by atoms with Crippen molar-refractivity contribution < 1.29 is 4.79 Å². The Labute approximate surface area is 166 Å². The van der Waals surface area contributed by atoms with E-state index in [1.54, 1.807) is 59.5 Å². The lowest BCUT2D eigenvalue weighted by molar-refractivity contribution is 0.102. The Morgan fingerprint density at radius 3 is 2.59 bits per heavy atom. The van der Waals surface area contributed by atoms with Crippen LogP contribution in [0.5, 0.6) is 0 Å². The summed E-state index contributed by atoms with van der Waals surface area (Å²) < 4.78 is 1.65. The average molecular weight is 381 g/mol. The number of anilines is 3. The first kappa shape index (κ1) is 17.9. The van der Waals surface area contributed by atoms with Gasteiger partial charge in [0.05, 0.1) is 11.6 Å². The van der Waals surface area contributed by atoms with E-state index in [2.05, 4.69) is 25.7 Å². The molecule has 0 aliphatic heterocycles. The van der Waals surface area contributed by atoms with Gasteiger partial charge in [-0.3, -0.25) is 4.79 Å². The number of carbonyl (C=O) groups excluding carboxylic acids is 1. The third-order valence-corrected chi connectivity index (χ3v) is 4.06. The van der Waals surface area contributed by atoms with Gasteiger partial charge in [-0.05, 0) is 48.5 Å². The van der Waals surface area contributed by atoms with Gasteiger partial charge in [-0.25, -0.2) is 14.6 Å². The van der Waals surface area contributed by atoms with Crippen LogP contribution < -0.4 is 10.6 Å². The molecule has 0 spiro atoms. The van der Waals surface area contributed by atoms with Crippen molar-refractivity contribution in [3.8, 4) is 11.9 Å². The highest BCUT2D eigenvalue weighted by molar-refractivity contribution is 6.04. The summed E-state index contributed by atoms with van der Waals surface area (Å²) in [6.45, 7) is 0.